The molecule has 0 saturated carbocycles. The summed E-state index contributed by atoms with van der Waals surface area (Å²) in [6.45, 7) is 10.4. The highest BCUT2D eigenvalue weighted by atomic mass is 15.3. The minimum Gasteiger partial charge on any atom is -0.356 e. The fraction of sp³-hybridized carbons (Fsp3) is 0.429. The van der Waals surface area contributed by atoms with Crippen LogP contribution < -0.4 is 9.80 Å². The average Bonchev–Trinajstić information content (AvgIpc) is 3.22. The highest BCUT2D eigenvalue weighted by Gasteiger charge is 2.41. The molecular weight excluding hydrogens is 336 g/mol. The number of para-hydroxylation sites is 2. The molecule has 0 aliphatic carbocycles. The van der Waals surface area contributed by atoms with Crippen LogP contribution in [0.3, 0.4) is 0 Å². The molecule has 2 aliphatic heterocycles. The highest BCUT2D eigenvalue weighted by Crippen LogP contribution is 2.36. The Kier molecular flexibility index (Phi) is 3.74. The molecule has 0 amide bonds. The van der Waals surface area contributed by atoms with Gasteiger partial charge in [0.1, 0.15) is 12.1 Å². The first kappa shape index (κ1) is 16.4. The van der Waals surface area contributed by atoms with Crippen LogP contribution in [0, 0.1) is 32.6 Å². The van der Waals surface area contributed by atoms with Gasteiger partial charge in [-0.15, -0.1) is 0 Å². The summed E-state index contributed by atoms with van der Waals surface area (Å²) in [5, 5.41) is 0. The average molecular weight is 360 g/mol. The molecule has 2 unspecified atom stereocenters. The lowest BCUT2D eigenvalue weighted by Gasteiger charge is -2.25. The third-order valence-corrected chi connectivity index (χ3v) is 6.11. The quantitative estimate of drug-likeness (QED) is 0.700. The molecule has 4 heterocycles. The second-order valence-corrected chi connectivity index (χ2v) is 7.86. The molecule has 0 radical (unpaired) electrons. The van der Waals surface area contributed by atoms with Gasteiger partial charge in [0.25, 0.3) is 0 Å². The maximum absolute atomic E-state index is 4.92. The van der Waals surface area contributed by atoms with E-state index in [1.54, 1.807) is 6.33 Å². The normalized spacial score (nSPS) is 21.9. The lowest BCUT2D eigenvalue weighted by atomic mass is 10.0. The van der Waals surface area contributed by atoms with Gasteiger partial charge in [0.15, 0.2) is 5.82 Å². The van der Waals surface area contributed by atoms with Crippen molar-refractivity contribution in [2.24, 2.45) is 11.8 Å². The molecule has 138 valence electrons. The van der Waals surface area contributed by atoms with E-state index in [9.17, 15) is 0 Å². The fourth-order valence-corrected chi connectivity index (χ4v) is 4.56. The van der Waals surface area contributed by atoms with Gasteiger partial charge in [-0.1, -0.05) is 12.1 Å². The van der Waals surface area contributed by atoms with Crippen molar-refractivity contribution in [3.63, 3.8) is 0 Å². The van der Waals surface area contributed by atoms with Crippen molar-refractivity contribution in [2.75, 3.05) is 36.0 Å². The summed E-state index contributed by atoms with van der Waals surface area (Å²) in [5.41, 5.74) is 5.24. The number of hydrogen-bond donors (Lipinski definition) is 0. The molecule has 2 saturated heterocycles. The van der Waals surface area contributed by atoms with Gasteiger partial charge in [-0.25, -0.2) is 19.9 Å². The molecule has 2 aromatic heterocycles. The van der Waals surface area contributed by atoms with Crippen LogP contribution in [0.5, 0.6) is 0 Å². The van der Waals surface area contributed by atoms with E-state index in [1.165, 1.54) is 5.56 Å². The van der Waals surface area contributed by atoms with Crippen molar-refractivity contribution in [1.82, 2.24) is 19.9 Å². The molecule has 0 bridgehead atoms. The van der Waals surface area contributed by atoms with Crippen LogP contribution in [0.25, 0.3) is 11.0 Å². The predicted molar refractivity (Wildman–Crippen MR) is 107 cm³/mol. The number of hydrogen-bond acceptors (Lipinski definition) is 6. The first-order valence-electron chi connectivity index (χ1n) is 9.61. The second kappa shape index (κ2) is 6.15. The Morgan fingerprint density at radius 3 is 2.00 bits per heavy atom. The van der Waals surface area contributed by atoms with Gasteiger partial charge in [-0.05, 0) is 32.9 Å². The Balaban J connectivity index is 1.37. The molecule has 1 aromatic carbocycles. The molecule has 2 aliphatic rings. The standard InChI is InChI=1S/C21H24N6/c1-13-14(2)22-12-23-20(13)26-8-16-10-27(11-17(16)9-26)21-15(3)24-18-6-4-5-7-19(18)25-21/h4-7,12,16-17H,8-11H2,1-3H3. The lowest BCUT2D eigenvalue weighted by Crippen LogP contribution is -2.30. The van der Waals surface area contributed by atoms with E-state index in [0.29, 0.717) is 11.8 Å². The van der Waals surface area contributed by atoms with Crippen LogP contribution in [0.15, 0.2) is 30.6 Å². The molecular formula is C21H24N6. The molecule has 5 rings (SSSR count). The second-order valence-electron chi connectivity index (χ2n) is 7.86. The van der Waals surface area contributed by atoms with Gasteiger partial charge >= 0.3 is 0 Å². The zero-order valence-corrected chi connectivity index (χ0v) is 16.1. The van der Waals surface area contributed by atoms with Crippen molar-refractivity contribution in [3.05, 3.63) is 47.5 Å². The van der Waals surface area contributed by atoms with E-state index < -0.39 is 0 Å². The SMILES string of the molecule is Cc1nc2ccccc2nc1N1CC2CN(c3ncnc(C)c3C)CC2C1. The monoisotopic (exact) mass is 360 g/mol. The first-order valence-corrected chi connectivity index (χ1v) is 9.61. The van der Waals surface area contributed by atoms with E-state index in [1.807, 2.05) is 24.3 Å². The van der Waals surface area contributed by atoms with E-state index in [0.717, 1.165) is 60.2 Å². The number of nitrogens with zero attached hydrogens (tertiary/aromatic N) is 6. The van der Waals surface area contributed by atoms with Crippen molar-refractivity contribution < 1.29 is 0 Å². The van der Waals surface area contributed by atoms with Crippen molar-refractivity contribution >= 4 is 22.7 Å². The van der Waals surface area contributed by atoms with Crippen LogP contribution >= 0.6 is 0 Å². The number of anilines is 2. The van der Waals surface area contributed by atoms with Gasteiger partial charge in [0, 0.05) is 49.3 Å². The van der Waals surface area contributed by atoms with E-state index in [4.69, 9.17) is 9.97 Å². The molecule has 6 nitrogen and oxygen atoms in total. The van der Waals surface area contributed by atoms with E-state index >= 15 is 0 Å². The van der Waals surface area contributed by atoms with Crippen molar-refractivity contribution in [1.29, 1.82) is 0 Å². The zero-order valence-electron chi connectivity index (χ0n) is 16.1. The summed E-state index contributed by atoms with van der Waals surface area (Å²) in [4.78, 5) is 23.4. The van der Waals surface area contributed by atoms with Crippen molar-refractivity contribution in [3.8, 4) is 0 Å². The molecule has 0 spiro atoms. The lowest BCUT2D eigenvalue weighted by molar-refractivity contribution is 0.533. The smallest absolute Gasteiger partial charge is 0.150 e. The van der Waals surface area contributed by atoms with Gasteiger partial charge in [-0.3, -0.25) is 0 Å². The van der Waals surface area contributed by atoms with Gasteiger partial charge < -0.3 is 9.80 Å². The summed E-state index contributed by atoms with van der Waals surface area (Å²) in [7, 11) is 0. The summed E-state index contributed by atoms with van der Waals surface area (Å²) in [6.07, 6.45) is 1.69. The molecule has 6 heteroatoms. The Bertz CT molecular complexity index is 1000. The Morgan fingerprint density at radius 2 is 1.33 bits per heavy atom. The van der Waals surface area contributed by atoms with E-state index in [2.05, 4.69) is 40.5 Å². The Labute approximate surface area is 159 Å². The summed E-state index contributed by atoms with van der Waals surface area (Å²) in [5.74, 6) is 3.44. The number of benzene rings is 1. The number of aryl methyl sites for hydroxylation is 2. The number of fused-ring (bicyclic) bond motifs is 2. The van der Waals surface area contributed by atoms with Gasteiger partial charge in [-0.2, -0.15) is 0 Å². The third-order valence-electron chi connectivity index (χ3n) is 6.11. The molecule has 2 atom stereocenters. The minimum atomic E-state index is 0.646. The van der Waals surface area contributed by atoms with Crippen molar-refractivity contribution in [2.45, 2.75) is 20.8 Å². The topological polar surface area (TPSA) is 58.0 Å². The fourth-order valence-electron chi connectivity index (χ4n) is 4.56. The molecule has 2 fully saturated rings. The van der Waals surface area contributed by atoms with Crippen LogP contribution in [0.1, 0.15) is 17.0 Å². The summed E-state index contributed by atoms with van der Waals surface area (Å²) < 4.78 is 0. The molecule has 0 N–H and O–H groups in total. The van der Waals surface area contributed by atoms with Gasteiger partial charge in [0.2, 0.25) is 0 Å². The Morgan fingerprint density at radius 1 is 0.741 bits per heavy atom. The summed E-state index contributed by atoms with van der Waals surface area (Å²) in [6, 6.07) is 8.12. The maximum atomic E-state index is 4.92. The summed E-state index contributed by atoms with van der Waals surface area (Å²) >= 11 is 0. The van der Waals surface area contributed by atoms with E-state index in [-0.39, 0.29) is 0 Å². The molecule has 27 heavy (non-hydrogen) atoms. The third kappa shape index (κ3) is 2.71. The number of aromatic nitrogens is 4. The van der Waals surface area contributed by atoms with Crippen LogP contribution in [-0.4, -0.2) is 46.1 Å². The van der Waals surface area contributed by atoms with Crippen LogP contribution in [0.4, 0.5) is 11.6 Å². The maximum Gasteiger partial charge on any atom is 0.150 e. The molecule has 3 aromatic rings. The highest BCUT2D eigenvalue weighted by molar-refractivity contribution is 5.76. The van der Waals surface area contributed by atoms with Crippen LogP contribution in [0.2, 0.25) is 0 Å². The Hall–Kier alpha value is -2.76. The van der Waals surface area contributed by atoms with Crippen LogP contribution in [-0.2, 0) is 0 Å². The first-order chi connectivity index (χ1) is 13.1. The number of rotatable bonds is 2. The van der Waals surface area contributed by atoms with Gasteiger partial charge in [0.05, 0.1) is 16.7 Å². The predicted octanol–water partition coefficient (Wildman–Crippen LogP) is 2.92. The zero-order chi connectivity index (χ0) is 18.5. The largest absolute Gasteiger partial charge is 0.356 e. The minimum absolute atomic E-state index is 0.646.